The predicted molar refractivity (Wildman–Crippen MR) is 50.0 cm³/mol. The zero-order chi connectivity index (χ0) is 11.9. The van der Waals surface area contributed by atoms with Crippen LogP contribution in [0.25, 0.3) is 0 Å². The lowest BCUT2D eigenvalue weighted by molar-refractivity contribution is -0.139. The van der Waals surface area contributed by atoms with Crippen molar-refractivity contribution in [3.63, 3.8) is 0 Å². The van der Waals surface area contributed by atoms with Crippen LogP contribution in [0.15, 0.2) is 4.79 Å². The number of fused-ring (bicyclic) bond motifs is 1. The van der Waals surface area contributed by atoms with Crippen LogP contribution in [0.3, 0.4) is 0 Å². The summed E-state index contributed by atoms with van der Waals surface area (Å²) in [7, 11) is 1.65. The number of aromatic amines is 1. The highest BCUT2D eigenvalue weighted by Crippen LogP contribution is 2.36. The molecule has 0 bridgehead atoms. The van der Waals surface area contributed by atoms with Crippen LogP contribution in [0.2, 0.25) is 0 Å². The average Bonchev–Trinajstić information content (AvgIpc) is 2.57. The summed E-state index contributed by atoms with van der Waals surface area (Å²) in [4.78, 5) is 11.2. The van der Waals surface area contributed by atoms with Crippen molar-refractivity contribution in [2.24, 2.45) is 0 Å². The lowest BCUT2D eigenvalue weighted by Gasteiger charge is -2.11. The topological polar surface area (TPSA) is 57.8 Å². The number of H-pyrrole nitrogens is 1. The van der Waals surface area contributed by atoms with Crippen molar-refractivity contribution in [2.45, 2.75) is 25.1 Å². The van der Waals surface area contributed by atoms with Crippen LogP contribution in [-0.4, -0.2) is 17.2 Å². The molecule has 0 aliphatic heterocycles. The molecule has 1 aliphatic rings. The fourth-order valence-corrected chi connectivity index (χ4v) is 2.05. The second-order valence-corrected chi connectivity index (χ2v) is 3.67. The second-order valence-electron chi connectivity index (χ2n) is 3.67. The van der Waals surface area contributed by atoms with Gasteiger partial charge in [0.05, 0.1) is 11.7 Å². The molecule has 1 aromatic rings. The zero-order valence-electron chi connectivity index (χ0n) is 8.48. The van der Waals surface area contributed by atoms with E-state index >= 15 is 0 Å². The molecule has 0 spiro atoms. The highest BCUT2D eigenvalue weighted by Gasteiger charge is 2.40. The normalized spacial score (nSPS) is 19.9. The molecule has 0 saturated heterocycles. The Morgan fingerprint density at radius 1 is 1.50 bits per heavy atom. The van der Waals surface area contributed by atoms with Gasteiger partial charge in [-0.3, -0.25) is 4.79 Å². The van der Waals surface area contributed by atoms with E-state index in [0.717, 1.165) is 0 Å². The SMILES string of the molecule is CNC1CCc2c1n[nH]c(=O)c2C(F)(F)F. The third kappa shape index (κ3) is 1.60. The minimum Gasteiger partial charge on any atom is -0.312 e. The van der Waals surface area contributed by atoms with Crippen LogP contribution in [0.4, 0.5) is 13.2 Å². The maximum Gasteiger partial charge on any atom is 0.422 e. The molecule has 0 aromatic carbocycles. The number of nitrogens with zero attached hydrogens (tertiary/aromatic N) is 1. The number of hydrogen-bond donors (Lipinski definition) is 2. The summed E-state index contributed by atoms with van der Waals surface area (Å²) in [6.07, 6.45) is -3.87. The van der Waals surface area contributed by atoms with Gasteiger partial charge < -0.3 is 5.32 Å². The summed E-state index contributed by atoms with van der Waals surface area (Å²) in [5.74, 6) is 0. The van der Waals surface area contributed by atoms with Gasteiger partial charge in [-0.05, 0) is 25.5 Å². The van der Waals surface area contributed by atoms with Crippen molar-refractivity contribution in [3.05, 3.63) is 27.2 Å². The van der Waals surface area contributed by atoms with Crippen molar-refractivity contribution in [1.29, 1.82) is 0 Å². The smallest absolute Gasteiger partial charge is 0.312 e. The summed E-state index contributed by atoms with van der Waals surface area (Å²) >= 11 is 0. The van der Waals surface area contributed by atoms with Gasteiger partial charge in [0.25, 0.3) is 5.56 Å². The van der Waals surface area contributed by atoms with E-state index in [2.05, 4.69) is 10.4 Å². The Morgan fingerprint density at radius 3 is 2.75 bits per heavy atom. The summed E-state index contributed by atoms with van der Waals surface area (Å²) < 4.78 is 38.0. The van der Waals surface area contributed by atoms with Gasteiger partial charge in [-0.25, -0.2) is 5.10 Å². The van der Waals surface area contributed by atoms with Gasteiger partial charge in [0.15, 0.2) is 0 Å². The summed E-state index contributed by atoms with van der Waals surface area (Å²) in [6, 6.07) is -0.215. The highest BCUT2D eigenvalue weighted by molar-refractivity contribution is 5.35. The molecule has 7 heteroatoms. The minimum atomic E-state index is -4.62. The van der Waals surface area contributed by atoms with Crippen LogP contribution in [0.5, 0.6) is 0 Å². The number of hydrogen-bond acceptors (Lipinski definition) is 3. The first-order valence-corrected chi connectivity index (χ1v) is 4.81. The largest absolute Gasteiger partial charge is 0.422 e. The van der Waals surface area contributed by atoms with Gasteiger partial charge in [-0.1, -0.05) is 0 Å². The third-order valence-electron chi connectivity index (χ3n) is 2.76. The first-order chi connectivity index (χ1) is 7.45. The summed E-state index contributed by atoms with van der Waals surface area (Å²) in [5, 5.41) is 8.46. The fraction of sp³-hybridized carbons (Fsp3) is 0.556. The number of aromatic nitrogens is 2. The van der Waals surface area contributed by atoms with Crippen LogP contribution >= 0.6 is 0 Å². The van der Waals surface area contributed by atoms with Crippen molar-refractivity contribution in [2.75, 3.05) is 7.05 Å². The molecule has 0 fully saturated rings. The zero-order valence-corrected chi connectivity index (χ0v) is 8.48. The summed E-state index contributed by atoms with van der Waals surface area (Å²) in [5.41, 5.74) is -1.94. The molecule has 4 nitrogen and oxygen atoms in total. The minimum absolute atomic E-state index is 0.0237. The number of alkyl halides is 3. The Hall–Kier alpha value is -1.37. The van der Waals surface area contributed by atoms with Gasteiger partial charge in [0.2, 0.25) is 0 Å². The van der Waals surface area contributed by atoms with E-state index < -0.39 is 17.3 Å². The molecule has 88 valence electrons. The third-order valence-corrected chi connectivity index (χ3v) is 2.76. The molecular weight excluding hydrogens is 223 g/mol. The maximum atomic E-state index is 12.7. The molecule has 1 heterocycles. The van der Waals surface area contributed by atoms with Gasteiger partial charge in [-0.15, -0.1) is 0 Å². The Labute approximate surface area is 88.9 Å². The molecule has 1 aliphatic carbocycles. The molecular formula is C9H10F3N3O. The van der Waals surface area contributed by atoms with Gasteiger partial charge in [0.1, 0.15) is 5.56 Å². The van der Waals surface area contributed by atoms with Crippen LogP contribution in [0, 0.1) is 0 Å². The quantitative estimate of drug-likeness (QED) is 0.760. The van der Waals surface area contributed by atoms with Crippen LogP contribution in [0.1, 0.15) is 29.3 Å². The van der Waals surface area contributed by atoms with Gasteiger partial charge >= 0.3 is 6.18 Å². The number of rotatable bonds is 1. The van der Waals surface area contributed by atoms with E-state index in [0.29, 0.717) is 12.1 Å². The van der Waals surface area contributed by atoms with Crippen molar-refractivity contribution < 1.29 is 13.2 Å². The lowest BCUT2D eigenvalue weighted by atomic mass is 10.1. The summed E-state index contributed by atoms with van der Waals surface area (Å²) in [6.45, 7) is 0. The highest BCUT2D eigenvalue weighted by atomic mass is 19.4. The average molecular weight is 233 g/mol. The van der Waals surface area contributed by atoms with E-state index in [9.17, 15) is 18.0 Å². The number of nitrogens with one attached hydrogen (secondary N) is 2. The number of halogens is 3. The first-order valence-electron chi connectivity index (χ1n) is 4.81. The molecule has 16 heavy (non-hydrogen) atoms. The predicted octanol–water partition coefficient (Wildman–Crippen LogP) is 0.995. The molecule has 0 amide bonds. The molecule has 2 N–H and O–H groups in total. The molecule has 1 aromatic heterocycles. The van der Waals surface area contributed by atoms with Crippen molar-refractivity contribution in [1.82, 2.24) is 15.5 Å². The van der Waals surface area contributed by atoms with Gasteiger partial charge in [-0.2, -0.15) is 18.3 Å². The molecule has 2 rings (SSSR count). The Kier molecular flexibility index (Phi) is 2.49. The van der Waals surface area contributed by atoms with Crippen LogP contribution < -0.4 is 10.9 Å². The van der Waals surface area contributed by atoms with E-state index in [1.54, 1.807) is 7.05 Å². The van der Waals surface area contributed by atoms with Crippen molar-refractivity contribution in [3.8, 4) is 0 Å². The fourth-order valence-electron chi connectivity index (χ4n) is 2.05. The van der Waals surface area contributed by atoms with E-state index in [4.69, 9.17) is 0 Å². The Balaban J connectivity index is 2.63. The first kappa shape index (κ1) is 11.1. The van der Waals surface area contributed by atoms with E-state index in [1.807, 2.05) is 5.10 Å². The molecule has 1 unspecified atom stereocenters. The van der Waals surface area contributed by atoms with Gasteiger partial charge in [0, 0.05) is 0 Å². The lowest BCUT2D eigenvalue weighted by Crippen LogP contribution is -2.26. The Morgan fingerprint density at radius 2 is 2.19 bits per heavy atom. The molecule has 0 radical (unpaired) electrons. The Bertz CT molecular complexity index is 466. The maximum absolute atomic E-state index is 12.7. The molecule has 0 saturated carbocycles. The standard InChI is InChI=1S/C9H10F3N3O/c1-13-5-3-2-4-6(9(10,11)12)8(16)15-14-7(4)5/h5,13H,2-3H2,1H3,(H,15,16). The van der Waals surface area contributed by atoms with Crippen LogP contribution in [-0.2, 0) is 12.6 Å². The van der Waals surface area contributed by atoms with E-state index in [1.165, 1.54) is 0 Å². The van der Waals surface area contributed by atoms with Crippen molar-refractivity contribution >= 4 is 0 Å². The monoisotopic (exact) mass is 233 g/mol. The second kappa shape index (κ2) is 3.58. The van der Waals surface area contributed by atoms with E-state index in [-0.39, 0.29) is 18.0 Å². The molecule has 1 atom stereocenters.